The number of morpholine rings is 1. The number of hydrogen-bond acceptors (Lipinski definition) is 4. The van der Waals surface area contributed by atoms with Crippen LogP contribution in [0.5, 0.6) is 5.75 Å². The molecule has 2 saturated heterocycles. The zero-order valence-corrected chi connectivity index (χ0v) is 19.2. The van der Waals surface area contributed by atoms with Crippen molar-refractivity contribution in [1.29, 1.82) is 0 Å². The molecule has 0 radical (unpaired) electrons. The van der Waals surface area contributed by atoms with Crippen molar-refractivity contribution in [2.24, 2.45) is 4.99 Å². The molecule has 0 spiro atoms. The molecule has 0 aromatic heterocycles. The molecule has 2 unspecified atom stereocenters. The van der Waals surface area contributed by atoms with E-state index in [1.807, 2.05) is 31.3 Å². The maximum absolute atomic E-state index is 6.02. The lowest BCUT2D eigenvalue weighted by Crippen LogP contribution is -2.53. The smallest absolute Gasteiger partial charge is 0.193 e. The van der Waals surface area contributed by atoms with Crippen LogP contribution in [0.1, 0.15) is 12.8 Å². The van der Waals surface area contributed by atoms with Gasteiger partial charge >= 0.3 is 0 Å². The van der Waals surface area contributed by atoms with Gasteiger partial charge in [-0.3, -0.25) is 4.99 Å². The quantitative estimate of drug-likeness (QED) is 0.289. The molecule has 2 aromatic carbocycles. The molecular weight excluding hydrogens is 481 g/mol. The molecule has 0 amide bonds. The average Bonchev–Trinajstić information content (AvgIpc) is 3.29. The van der Waals surface area contributed by atoms with Crippen molar-refractivity contribution in [2.45, 2.75) is 25.0 Å². The van der Waals surface area contributed by atoms with Gasteiger partial charge in [-0.15, -0.1) is 24.0 Å². The summed E-state index contributed by atoms with van der Waals surface area (Å²) in [6, 6.07) is 14.4. The number of aliphatic imine (C=N–C) groups is 1. The number of nitrogens with zero attached hydrogens (tertiary/aromatic N) is 2. The summed E-state index contributed by atoms with van der Waals surface area (Å²) in [7, 11) is 1.82. The predicted molar refractivity (Wildman–Crippen MR) is 127 cm³/mol. The van der Waals surface area contributed by atoms with Gasteiger partial charge in [-0.1, -0.05) is 36.4 Å². The van der Waals surface area contributed by atoms with Crippen molar-refractivity contribution in [3.8, 4) is 5.75 Å². The van der Waals surface area contributed by atoms with Crippen LogP contribution in [0.25, 0.3) is 10.8 Å². The van der Waals surface area contributed by atoms with Gasteiger partial charge in [0.05, 0.1) is 19.3 Å². The molecule has 1 N–H and O–H groups in total. The number of fused-ring (bicyclic) bond motifs is 1. The first kappa shape index (κ1) is 22.1. The standard InChI is InChI=1S/C22H29N3O3.HI/c1-23-22(25-12-15-28-21(16-25)20-10-5-13-26-20)24-11-14-27-19-9-4-7-17-6-2-3-8-18(17)19;/h2-4,6-9,20-21H,5,10-16H2,1H3,(H,23,24);1H. The zero-order chi connectivity index (χ0) is 19.2. The van der Waals surface area contributed by atoms with Crippen LogP contribution in [-0.2, 0) is 9.47 Å². The molecule has 2 aliphatic heterocycles. The van der Waals surface area contributed by atoms with E-state index in [1.54, 1.807) is 0 Å². The second-order valence-electron chi connectivity index (χ2n) is 7.21. The van der Waals surface area contributed by atoms with E-state index in [0.717, 1.165) is 49.6 Å². The third-order valence-corrected chi connectivity index (χ3v) is 5.38. The third-order valence-electron chi connectivity index (χ3n) is 5.38. The first-order valence-corrected chi connectivity index (χ1v) is 10.1. The van der Waals surface area contributed by atoms with Crippen LogP contribution in [0.3, 0.4) is 0 Å². The van der Waals surface area contributed by atoms with Gasteiger partial charge in [0.1, 0.15) is 18.5 Å². The lowest BCUT2D eigenvalue weighted by Gasteiger charge is -2.37. The lowest BCUT2D eigenvalue weighted by molar-refractivity contribution is -0.0817. The molecule has 158 valence electrons. The number of nitrogens with one attached hydrogen (secondary N) is 1. The van der Waals surface area contributed by atoms with Crippen molar-refractivity contribution < 1.29 is 14.2 Å². The molecule has 2 aromatic rings. The summed E-state index contributed by atoms with van der Waals surface area (Å²) in [5, 5.41) is 5.76. The largest absolute Gasteiger partial charge is 0.491 e. The molecule has 6 nitrogen and oxygen atoms in total. The highest BCUT2D eigenvalue weighted by Gasteiger charge is 2.32. The summed E-state index contributed by atoms with van der Waals surface area (Å²) in [6.45, 7) is 4.48. The fourth-order valence-electron chi connectivity index (χ4n) is 3.97. The Balaban J connectivity index is 0.00000240. The van der Waals surface area contributed by atoms with Crippen LogP contribution in [0, 0.1) is 0 Å². The number of halogens is 1. The zero-order valence-electron chi connectivity index (χ0n) is 16.9. The van der Waals surface area contributed by atoms with Crippen LogP contribution < -0.4 is 10.1 Å². The molecule has 2 aliphatic rings. The summed E-state index contributed by atoms with van der Waals surface area (Å²) in [6.07, 6.45) is 2.56. The Labute approximate surface area is 189 Å². The number of rotatable bonds is 5. The Kier molecular flexibility index (Phi) is 8.38. The van der Waals surface area contributed by atoms with E-state index < -0.39 is 0 Å². The van der Waals surface area contributed by atoms with Gasteiger partial charge in [0.15, 0.2) is 5.96 Å². The van der Waals surface area contributed by atoms with Crippen molar-refractivity contribution >= 4 is 40.7 Å². The predicted octanol–water partition coefficient (Wildman–Crippen LogP) is 3.29. The van der Waals surface area contributed by atoms with Crippen molar-refractivity contribution in [3.05, 3.63) is 42.5 Å². The highest BCUT2D eigenvalue weighted by molar-refractivity contribution is 14.0. The van der Waals surface area contributed by atoms with Crippen molar-refractivity contribution in [2.75, 3.05) is 46.5 Å². The van der Waals surface area contributed by atoms with E-state index in [1.165, 1.54) is 5.39 Å². The Bertz CT molecular complexity index is 805. The van der Waals surface area contributed by atoms with E-state index in [2.05, 4.69) is 33.4 Å². The van der Waals surface area contributed by atoms with Gasteiger partial charge in [0, 0.05) is 32.1 Å². The molecule has 4 rings (SSSR count). The molecule has 0 aliphatic carbocycles. The first-order chi connectivity index (χ1) is 13.8. The normalized spacial score (nSPS) is 22.4. The Morgan fingerprint density at radius 3 is 2.79 bits per heavy atom. The van der Waals surface area contributed by atoms with Crippen LogP contribution in [-0.4, -0.2) is 69.6 Å². The summed E-state index contributed by atoms with van der Waals surface area (Å²) in [4.78, 5) is 6.70. The highest BCUT2D eigenvalue weighted by atomic mass is 127. The molecular formula is C22H30IN3O3. The first-order valence-electron chi connectivity index (χ1n) is 10.1. The Morgan fingerprint density at radius 2 is 1.97 bits per heavy atom. The average molecular weight is 511 g/mol. The fourth-order valence-corrected chi connectivity index (χ4v) is 3.97. The van der Waals surface area contributed by atoms with E-state index in [0.29, 0.717) is 19.8 Å². The van der Waals surface area contributed by atoms with Crippen LogP contribution in [0.2, 0.25) is 0 Å². The second kappa shape index (κ2) is 11.0. The van der Waals surface area contributed by atoms with Crippen molar-refractivity contribution in [1.82, 2.24) is 10.2 Å². The highest BCUT2D eigenvalue weighted by Crippen LogP contribution is 2.25. The minimum Gasteiger partial charge on any atom is -0.491 e. The molecule has 2 fully saturated rings. The van der Waals surface area contributed by atoms with Crippen molar-refractivity contribution in [3.63, 3.8) is 0 Å². The van der Waals surface area contributed by atoms with Crippen LogP contribution in [0.4, 0.5) is 0 Å². The van der Waals surface area contributed by atoms with Gasteiger partial charge < -0.3 is 24.4 Å². The maximum atomic E-state index is 6.02. The number of ether oxygens (including phenoxy) is 3. The summed E-state index contributed by atoms with van der Waals surface area (Å²) in [5.41, 5.74) is 0. The number of benzene rings is 2. The molecule has 7 heteroatoms. The molecule has 0 bridgehead atoms. The molecule has 2 heterocycles. The van der Waals surface area contributed by atoms with Gasteiger partial charge in [-0.25, -0.2) is 0 Å². The number of hydrogen-bond donors (Lipinski definition) is 1. The molecule has 2 atom stereocenters. The van der Waals surface area contributed by atoms with E-state index in [9.17, 15) is 0 Å². The molecule has 0 saturated carbocycles. The minimum atomic E-state index is 0. The van der Waals surface area contributed by atoms with E-state index in [-0.39, 0.29) is 36.2 Å². The topological polar surface area (TPSA) is 55.3 Å². The van der Waals surface area contributed by atoms with E-state index in [4.69, 9.17) is 14.2 Å². The SMILES string of the molecule is CN=C(NCCOc1cccc2ccccc12)N1CCOC(C2CCCO2)C1.I. The van der Waals surface area contributed by atoms with E-state index >= 15 is 0 Å². The minimum absolute atomic E-state index is 0. The van der Waals surface area contributed by atoms with Gasteiger partial charge in [0.2, 0.25) is 0 Å². The monoisotopic (exact) mass is 511 g/mol. The third kappa shape index (κ3) is 5.52. The Morgan fingerprint density at radius 1 is 1.14 bits per heavy atom. The van der Waals surface area contributed by atoms with Crippen LogP contribution in [0.15, 0.2) is 47.5 Å². The summed E-state index contributed by atoms with van der Waals surface area (Å²) in [5.74, 6) is 1.81. The van der Waals surface area contributed by atoms with Gasteiger partial charge in [-0.05, 0) is 24.3 Å². The lowest BCUT2D eigenvalue weighted by atomic mass is 10.1. The summed E-state index contributed by atoms with van der Waals surface area (Å²) >= 11 is 0. The van der Waals surface area contributed by atoms with Crippen LogP contribution >= 0.6 is 24.0 Å². The Hall–Kier alpha value is -1.58. The fraction of sp³-hybridized carbons (Fsp3) is 0.500. The molecule has 29 heavy (non-hydrogen) atoms. The maximum Gasteiger partial charge on any atom is 0.193 e. The second-order valence-corrected chi connectivity index (χ2v) is 7.21. The van der Waals surface area contributed by atoms with Gasteiger partial charge in [-0.2, -0.15) is 0 Å². The summed E-state index contributed by atoms with van der Waals surface area (Å²) < 4.78 is 17.8. The number of guanidine groups is 1. The van der Waals surface area contributed by atoms with Gasteiger partial charge in [0.25, 0.3) is 0 Å².